The van der Waals surface area contributed by atoms with Crippen LogP contribution < -0.4 is 0 Å². The van der Waals surface area contributed by atoms with Gasteiger partial charge in [-0.1, -0.05) is 48.2 Å². The third kappa shape index (κ3) is 3.53. The first kappa shape index (κ1) is 16.3. The molecule has 0 radical (unpaired) electrons. The van der Waals surface area contributed by atoms with Crippen molar-refractivity contribution in [3.8, 4) is 17.1 Å². The van der Waals surface area contributed by atoms with E-state index in [4.69, 9.17) is 14.5 Å². The monoisotopic (exact) mass is 374 g/mol. The lowest BCUT2D eigenvalue weighted by Gasteiger charge is -2.03. The van der Waals surface area contributed by atoms with Crippen molar-refractivity contribution in [3.63, 3.8) is 0 Å². The number of aromatic nitrogens is 4. The lowest BCUT2D eigenvalue weighted by Crippen LogP contribution is -2.01. The molecule has 2 aromatic heterocycles. The van der Waals surface area contributed by atoms with Crippen LogP contribution >= 0.6 is 11.8 Å². The number of benzene rings is 2. The molecule has 0 aliphatic heterocycles. The number of hydrogen-bond donors (Lipinski definition) is 0. The van der Waals surface area contributed by atoms with Crippen molar-refractivity contribution in [2.24, 2.45) is 0 Å². The molecule has 0 atom stereocenters. The van der Waals surface area contributed by atoms with E-state index in [1.807, 2.05) is 53.2 Å². The van der Waals surface area contributed by atoms with Gasteiger partial charge >= 0.3 is 0 Å². The smallest absolute Gasteiger partial charge is 0.226 e. The lowest BCUT2D eigenvalue weighted by molar-refractivity contribution is 0.573. The Morgan fingerprint density at radius 2 is 1.70 bits per heavy atom. The highest BCUT2D eigenvalue weighted by Gasteiger charge is 2.30. The molecule has 0 unspecified atom stereocenters. The van der Waals surface area contributed by atoms with Crippen molar-refractivity contribution < 1.29 is 4.42 Å². The van der Waals surface area contributed by atoms with E-state index in [9.17, 15) is 0 Å². The molecule has 0 amide bonds. The molecular weight excluding hydrogens is 356 g/mol. The largest absolute Gasteiger partial charge is 0.444 e. The predicted molar refractivity (Wildman–Crippen MR) is 105 cm³/mol. The van der Waals surface area contributed by atoms with E-state index in [2.05, 4.69) is 17.1 Å². The molecule has 1 aliphatic rings. The number of hydrogen-bond acceptors (Lipinski definition) is 5. The number of nitrogens with zero attached hydrogens (tertiary/aromatic N) is 4. The Bertz CT molecular complexity index is 1040. The molecule has 0 saturated heterocycles. The minimum Gasteiger partial charge on any atom is -0.444 e. The highest BCUT2D eigenvalue weighted by Crippen LogP contribution is 2.40. The number of thioether (sulfide) groups is 1. The molecule has 4 aromatic rings. The predicted octanol–water partition coefficient (Wildman–Crippen LogP) is 5.09. The second kappa shape index (κ2) is 7.04. The minimum absolute atomic E-state index is 0.531. The first-order chi connectivity index (χ1) is 13.4. The van der Waals surface area contributed by atoms with E-state index in [1.165, 1.54) is 12.8 Å². The molecule has 2 heterocycles. The summed E-state index contributed by atoms with van der Waals surface area (Å²) in [6.45, 7) is 0. The van der Waals surface area contributed by atoms with Gasteiger partial charge in [-0.2, -0.15) is 0 Å². The van der Waals surface area contributed by atoms with Gasteiger partial charge in [-0.25, -0.2) is 14.6 Å². The van der Waals surface area contributed by atoms with E-state index in [1.54, 1.807) is 18.0 Å². The molecule has 2 aromatic carbocycles. The van der Waals surface area contributed by atoms with Crippen LogP contribution in [0.5, 0.6) is 0 Å². The highest BCUT2D eigenvalue weighted by atomic mass is 32.2. The summed E-state index contributed by atoms with van der Waals surface area (Å²) in [6, 6.07) is 20.1. The van der Waals surface area contributed by atoms with Crippen molar-refractivity contribution in [2.45, 2.75) is 29.7 Å². The van der Waals surface area contributed by atoms with Gasteiger partial charge in [0.15, 0.2) is 0 Å². The van der Waals surface area contributed by atoms with Gasteiger partial charge in [0.05, 0.1) is 11.4 Å². The maximum Gasteiger partial charge on any atom is 0.226 e. The fraction of sp³-hybridized carbons (Fsp3) is 0.190. The van der Waals surface area contributed by atoms with Crippen LogP contribution in [0.3, 0.4) is 0 Å². The molecule has 1 fully saturated rings. The molecule has 5 nitrogen and oxygen atoms in total. The van der Waals surface area contributed by atoms with Crippen LogP contribution in [0.2, 0.25) is 0 Å². The second-order valence-corrected chi connectivity index (χ2v) is 7.52. The van der Waals surface area contributed by atoms with Crippen LogP contribution in [-0.4, -0.2) is 19.7 Å². The summed E-state index contributed by atoms with van der Waals surface area (Å²) >= 11 is 1.59. The zero-order chi connectivity index (χ0) is 18.1. The van der Waals surface area contributed by atoms with Gasteiger partial charge in [0.1, 0.15) is 12.1 Å². The molecule has 6 heteroatoms. The highest BCUT2D eigenvalue weighted by molar-refractivity contribution is 7.98. The van der Waals surface area contributed by atoms with Crippen LogP contribution in [0.15, 0.2) is 76.5 Å². The quantitative estimate of drug-likeness (QED) is 0.440. The molecular formula is C21H18N4OS. The molecule has 1 aliphatic carbocycles. The summed E-state index contributed by atoms with van der Waals surface area (Å²) in [5.74, 6) is 2.92. The van der Waals surface area contributed by atoms with E-state index in [0.29, 0.717) is 17.6 Å². The average molecular weight is 374 g/mol. The van der Waals surface area contributed by atoms with Crippen LogP contribution in [0.1, 0.15) is 30.3 Å². The Balaban J connectivity index is 1.34. The van der Waals surface area contributed by atoms with E-state index < -0.39 is 0 Å². The van der Waals surface area contributed by atoms with Crippen molar-refractivity contribution in [2.75, 3.05) is 0 Å². The molecule has 1 saturated carbocycles. The second-order valence-electron chi connectivity index (χ2n) is 6.57. The van der Waals surface area contributed by atoms with Crippen molar-refractivity contribution >= 4 is 11.8 Å². The third-order valence-electron chi connectivity index (χ3n) is 4.48. The minimum atomic E-state index is 0.531. The van der Waals surface area contributed by atoms with Gasteiger partial charge in [0, 0.05) is 17.2 Å². The zero-order valence-electron chi connectivity index (χ0n) is 14.7. The summed E-state index contributed by atoms with van der Waals surface area (Å²) in [5.41, 5.74) is 2.94. The van der Waals surface area contributed by atoms with Crippen LogP contribution in [-0.2, 0) is 5.75 Å². The number of oxazole rings is 1. The maximum atomic E-state index is 5.62. The SMILES string of the molecule is c1ccc(-c2nc(CSc3nc(C4CC4)n(-c4ccccc4)n3)co2)cc1. The van der Waals surface area contributed by atoms with Crippen LogP contribution in [0, 0.1) is 0 Å². The van der Waals surface area contributed by atoms with Gasteiger partial charge in [-0.3, -0.25) is 0 Å². The number of rotatable bonds is 6. The maximum absolute atomic E-state index is 5.62. The van der Waals surface area contributed by atoms with Crippen LogP contribution in [0.4, 0.5) is 0 Å². The van der Waals surface area contributed by atoms with Crippen molar-refractivity contribution in [1.29, 1.82) is 0 Å². The molecule has 27 heavy (non-hydrogen) atoms. The fourth-order valence-corrected chi connectivity index (χ4v) is 3.66. The van der Waals surface area contributed by atoms with Crippen molar-refractivity contribution in [3.05, 3.63) is 78.4 Å². The summed E-state index contributed by atoms with van der Waals surface area (Å²) in [7, 11) is 0. The first-order valence-corrected chi connectivity index (χ1v) is 10.0. The molecule has 5 rings (SSSR count). The summed E-state index contributed by atoms with van der Waals surface area (Å²) in [5, 5.41) is 5.51. The lowest BCUT2D eigenvalue weighted by atomic mass is 10.2. The van der Waals surface area contributed by atoms with E-state index in [-0.39, 0.29) is 0 Å². The third-order valence-corrected chi connectivity index (χ3v) is 5.35. The standard InChI is InChI=1S/C21H18N4OS/c1-3-7-16(8-4-1)20-22-17(13-26-20)14-27-21-23-19(15-11-12-15)25(24-21)18-9-5-2-6-10-18/h1-10,13,15H,11-12,14H2. The Morgan fingerprint density at radius 3 is 2.44 bits per heavy atom. The molecule has 134 valence electrons. The molecule has 0 bridgehead atoms. The van der Waals surface area contributed by atoms with Gasteiger partial charge in [0.2, 0.25) is 11.0 Å². The van der Waals surface area contributed by atoms with E-state index in [0.717, 1.165) is 27.9 Å². The summed E-state index contributed by atoms with van der Waals surface area (Å²) in [6.07, 6.45) is 4.10. The Kier molecular flexibility index (Phi) is 4.26. The summed E-state index contributed by atoms with van der Waals surface area (Å²) in [4.78, 5) is 9.37. The summed E-state index contributed by atoms with van der Waals surface area (Å²) < 4.78 is 7.60. The molecule has 0 spiro atoms. The Morgan fingerprint density at radius 1 is 0.963 bits per heavy atom. The Hall–Kier alpha value is -2.86. The number of para-hydroxylation sites is 1. The Labute approximate surface area is 161 Å². The van der Waals surface area contributed by atoms with Gasteiger partial charge in [-0.15, -0.1) is 5.10 Å². The van der Waals surface area contributed by atoms with E-state index >= 15 is 0 Å². The topological polar surface area (TPSA) is 56.7 Å². The molecule has 0 N–H and O–H groups in total. The van der Waals surface area contributed by atoms with Gasteiger partial charge < -0.3 is 4.42 Å². The van der Waals surface area contributed by atoms with Gasteiger partial charge in [0.25, 0.3) is 0 Å². The normalized spacial score (nSPS) is 13.8. The van der Waals surface area contributed by atoms with Gasteiger partial charge in [-0.05, 0) is 37.1 Å². The average Bonchev–Trinajstić information content (AvgIpc) is 3.31. The zero-order valence-corrected chi connectivity index (χ0v) is 15.5. The fourth-order valence-electron chi connectivity index (χ4n) is 2.96. The van der Waals surface area contributed by atoms with Crippen LogP contribution in [0.25, 0.3) is 17.1 Å². The first-order valence-electron chi connectivity index (χ1n) is 9.02. The van der Waals surface area contributed by atoms with Crippen molar-refractivity contribution in [1.82, 2.24) is 19.7 Å².